The lowest BCUT2D eigenvalue weighted by molar-refractivity contribution is 0.0630. The van der Waals surface area contributed by atoms with E-state index in [0.29, 0.717) is 6.61 Å². The summed E-state index contributed by atoms with van der Waals surface area (Å²) in [5, 5.41) is 8.89. The molecule has 0 aromatic carbocycles. The maximum atomic E-state index is 8.89. The second-order valence-electron chi connectivity index (χ2n) is 6.77. The highest BCUT2D eigenvalue weighted by Crippen LogP contribution is 2.32. The highest BCUT2D eigenvalue weighted by molar-refractivity contribution is 4.84. The largest absolute Gasteiger partial charge is 0.396 e. The lowest BCUT2D eigenvalue weighted by atomic mass is 9.79. The molecule has 2 fully saturated rings. The van der Waals surface area contributed by atoms with E-state index < -0.39 is 0 Å². The summed E-state index contributed by atoms with van der Waals surface area (Å²) < 4.78 is 0. The van der Waals surface area contributed by atoms with Crippen LogP contribution < -0.4 is 0 Å². The Morgan fingerprint density at radius 3 is 2.16 bits per heavy atom. The minimum atomic E-state index is 0.333. The molecule has 0 amide bonds. The van der Waals surface area contributed by atoms with Crippen LogP contribution in [0.3, 0.4) is 0 Å². The van der Waals surface area contributed by atoms with E-state index >= 15 is 0 Å². The zero-order valence-corrected chi connectivity index (χ0v) is 12.9. The van der Waals surface area contributed by atoms with Gasteiger partial charge in [0.1, 0.15) is 0 Å². The summed E-state index contributed by atoms with van der Waals surface area (Å²) in [4.78, 5) is 5.23. The van der Waals surface area contributed by atoms with Gasteiger partial charge in [-0.05, 0) is 43.9 Å². The number of aliphatic hydroxyl groups is 1. The second kappa shape index (κ2) is 7.61. The van der Waals surface area contributed by atoms with Crippen LogP contribution >= 0.6 is 0 Å². The van der Waals surface area contributed by atoms with Gasteiger partial charge in [0, 0.05) is 45.4 Å². The Kier molecular flexibility index (Phi) is 6.11. The SMILES string of the molecule is CC(C)C1CCC(N2CCN(CCCO)CC2)CC1. The number of piperazine rings is 1. The van der Waals surface area contributed by atoms with Crippen molar-refractivity contribution in [3.05, 3.63) is 0 Å². The molecule has 1 saturated heterocycles. The van der Waals surface area contributed by atoms with E-state index in [-0.39, 0.29) is 0 Å². The lowest BCUT2D eigenvalue weighted by Gasteiger charge is -2.42. The summed E-state index contributed by atoms with van der Waals surface area (Å²) in [7, 11) is 0. The highest BCUT2D eigenvalue weighted by Gasteiger charge is 2.28. The Morgan fingerprint density at radius 1 is 1.00 bits per heavy atom. The molecule has 0 unspecified atom stereocenters. The average molecular weight is 268 g/mol. The van der Waals surface area contributed by atoms with Crippen LogP contribution in [-0.4, -0.2) is 60.3 Å². The molecular formula is C16H32N2O. The third-order valence-electron chi connectivity index (χ3n) is 5.24. The molecule has 0 aromatic rings. The summed E-state index contributed by atoms with van der Waals surface area (Å²) in [5.41, 5.74) is 0. The number of rotatable bonds is 5. The lowest BCUT2D eigenvalue weighted by Crippen LogP contribution is -2.51. The van der Waals surface area contributed by atoms with Crippen LogP contribution in [0.25, 0.3) is 0 Å². The summed E-state index contributed by atoms with van der Waals surface area (Å²) in [5.74, 6) is 1.85. The van der Waals surface area contributed by atoms with Crippen LogP contribution in [0.15, 0.2) is 0 Å². The zero-order valence-electron chi connectivity index (χ0n) is 12.9. The summed E-state index contributed by atoms with van der Waals surface area (Å²) in [6, 6.07) is 0.856. The number of hydrogen-bond acceptors (Lipinski definition) is 3. The van der Waals surface area contributed by atoms with Crippen molar-refractivity contribution >= 4 is 0 Å². The molecule has 2 rings (SSSR count). The van der Waals surface area contributed by atoms with Gasteiger partial charge < -0.3 is 10.0 Å². The van der Waals surface area contributed by atoms with Crippen molar-refractivity contribution in [3.8, 4) is 0 Å². The zero-order chi connectivity index (χ0) is 13.7. The van der Waals surface area contributed by atoms with Crippen LogP contribution in [0.2, 0.25) is 0 Å². The van der Waals surface area contributed by atoms with Crippen LogP contribution in [0.1, 0.15) is 46.0 Å². The Bertz CT molecular complexity index is 241. The fourth-order valence-corrected chi connectivity index (χ4v) is 3.78. The molecule has 1 aliphatic carbocycles. The molecule has 112 valence electrons. The van der Waals surface area contributed by atoms with Gasteiger partial charge in [0.25, 0.3) is 0 Å². The third-order valence-corrected chi connectivity index (χ3v) is 5.24. The first-order valence-electron chi connectivity index (χ1n) is 8.28. The molecule has 0 spiro atoms. The van der Waals surface area contributed by atoms with E-state index in [1.807, 2.05) is 0 Å². The summed E-state index contributed by atoms with van der Waals surface area (Å²) in [6.07, 6.45) is 6.64. The highest BCUT2D eigenvalue weighted by atomic mass is 16.3. The third kappa shape index (κ3) is 4.44. The van der Waals surface area contributed by atoms with E-state index in [0.717, 1.165) is 30.8 Å². The van der Waals surface area contributed by atoms with E-state index in [1.165, 1.54) is 51.9 Å². The minimum absolute atomic E-state index is 0.333. The maximum Gasteiger partial charge on any atom is 0.0443 e. The molecule has 3 nitrogen and oxygen atoms in total. The first kappa shape index (κ1) is 15.3. The van der Waals surface area contributed by atoms with Gasteiger partial charge >= 0.3 is 0 Å². The van der Waals surface area contributed by atoms with Crippen LogP contribution in [0.4, 0.5) is 0 Å². The van der Waals surface area contributed by atoms with Crippen molar-refractivity contribution in [2.45, 2.75) is 52.0 Å². The molecule has 2 aliphatic rings. The number of nitrogens with zero attached hydrogens (tertiary/aromatic N) is 2. The monoisotopic (exact) mass is 268 g/mol. The Morgan fingerprint density at radius 2 is 1.63 bits per heavy atom. The summed E-state index contributed by atoms with van der Waals surface area (Å²) >= 11 is 0. The second-order valence-corrected chi connectivity index (χ2v) is 6.77. The van der Waals surface area contributed by atoms with Crippen molar-refractivity contribution in [1.82, 2.24) is 9.80 Å². The van der Waals surface area contributed by atoms with Crippen molar-refractivity contribution in [2.24, 2.45) is 11.8 Å². The predicted octanol–water partition coefficient (Wildman–Crippen LogP) is 2.20. The fourth-order valence-electron chi connectivity index (χ4n) is 3.78. The quantitative estimate of drug-likeness (QED) is 0.828. The Labute approximate surface area is 119 Å². The van der Waals surface area contributed by atoms with Gasteiger partial charge in [-0.3, -0.25) is 4.90 Å². The Balaban J connectivity index is 1.68. The van der Waals surface area contributed by atoms with Crippen molar-refractivity contribution in [3.63, 3.8) is 0 Å². The predicted molar refractivity (Wildman–Crippen MR) is 80.3 cm³/mol. The van der Waals surface area contributed by atoms with Crippen molar-refractivity contribution in [2.75, 3.05) is 39.3 Å². The van der Waals surface area contributed by atoms with Gasteiger partial charge in [-0.2, -0.15) is 0 Å². The van der Waals surface area contributed by atoms with Gasteiger partial charge in [0.05, 0.1) is 0 Å². The molecule has 1 aliphatic heterocycles. The first-order chi connectivity index (χ1) is 9.20. The number of aliphatic hydroxyl groups excluding tert-OH is 1. The van der Waals surface area contributed by atoms with Gasteiger partial charge in [-0.15, -0.1) is 0 Å². The van der Waals surface area contributed by atoms with Crippen molar-refractivity contribution < 1.29 is 5.11 Å². The molecular weight excluding hydrogens is 236 g/mol. The topological polar surface area (TPSA) is 26.7 Å². The van der Waals surface area contributed by atoms with E-state index in [1.54, 1.807) is 0 Å². The average Bonchev–Trinajstić information content (AvgIpc) is 2.46. The molecule has 1 N–H and O–H groups in total. The van der Waals surface area contributed by atoms with Crippen LogP contribution in [0.5, 0.6) is 0 Å². The van der Waals surface area contributed by atoms with Crippen LogP contribution in [0, 0.1) is 11.8 Å². The van der Waals surface area contributed by atoms with Gasteiger partial charge in [-0.25, -0.2) is 0 Å². The van der Waals surface area contributed by atoms with E-state index in [4.69, 9.17) is 5.11 Å². The molecule has 1 saturated carbocycles. The first-order valence-corrected chi connectivity index (χ1v) is 8.28. The van der Waals surface area contributed by atoms with Crippen LogP contribution in [-0.2, 0) is 0 Å². The molecule has 0 aromatic heterocycles. The fraction of sp³-hybridized carbons (Fsp3) is 1.00. The minimum Gasteiger partial charge on any atom is -0.396 e. The molecule has 0 radical (unpaired) electrons. The molecule has 19 heavy (non-hydrogen) atoms. The van der Waals surface area contributed by atoms with Crippen molar-refractivity contribution in [1.29, 1.82) is 0 Å². The molecule has 0 atom stereocenters. The van der Waals surface area contributed by atoms with Gasteiger partial charge in [-0.1, -0.05) is 13.8 Å². The van der Waals surface area contributed by atoms with E-state index in [2.05, 4.69) is 23.6 Å². The molecule has 3 heteroatoms. The van der Waals surface area contributed by atoms with Gasteiger partial charge in [0.2, 0.25) is 0 Å². The smallest absolute Gasteiger partial charge is 0.0443 e. The number of hydrogen-bond donors (Lipinski definition) is 1. The standard InChI is InChI=1S/C16H32N2O/c1-14(2)15-4-6-16(7-5-15)18-11-9-17(10-12-18)8-3-13-19/h14-16,19H,3-13H2,1-2H3. The van der Waals surface area contributed by atoms with Gasteiger partial charge in [0.15, 0.2) is 0 Å². The molecule has 1 heterocycles. The Hall–Kier alpha value is -0.120. The maximum absolute atomic E-state index is 8.89. The van der Waals surface area contributed by atoms with E-state index in [9.17, 15) is 0 Å². The normalized spacial score (nSPS) is 30.9. The molecule has 0 bridgehead atoms. The summed E-state index contributed by atoms with van der Waals surface area (Å²) in [6.45, 7) is 11.0.